The molecule has 0 aliphatic carbocycles. The summed E-state index contributed by atoms with van der Waals surface area (Å²) in [5.74, 6) is 1.41. The fraction of sp³-hybridized carbons (Fsp3) is 0.105. The lowest BCUT2D eigenvalue weighted by Gasteiger charge is -2.09. The number of methoxy groups -OCH3 is 2. The smallest absolute Gasteiger partial charge is 0.211 e. The largest absolute Gasteiger partial charge is 0.496 e. The van der Waals surface area contributed by atoms with Crippen LogP contribution in [0.5, 0.6) is 11.5 Å². The van der Waals surface area contributed by atoms with Gasteiger partial charge in [0.2, 0.25) is 5.43 Å². The Bertz CT molecular complexity index is 959. The van der Waals surface area contributed by atoms with Crippen molar-refractivity contribution in [2.24, 2.45) is 0 Å². The minimum absolute atomic E-state index is 0.191. The summed E-state index contributed by atoms with van der Waals surface area (Å²) in [5, 5.41) is 0.377. The zero-order valence-corrected chi connectivity index (χ0v) is 14.8. The van der Waals surface area contributed by atoms with Gasteiger partial charge in [-0.15, -0.1) is 0 Å². The van der Waals surface area contributed by atoms with Crippen LogP contribution < -0.4 is 14.9 Å². The van der Waals surface area contributed by atoms with Gasteiger partial charge in [0, 0.05) is 12.1 Å². The maximum absolute atomic E-state index is 12.7. The van der Waals surface area contributed by atoms with Crippen LogP contribution in [0.2, 0.25) is 0 Å². The molecule has 0 radical (unpaired) electrons. The van der Waals surface area contributed by atoms with Gasteiger partial charge in [0.15, 0.2) is 0 Å². The predicted octanol–water partition coefficient (Wildman–Crippen LogP) is 4.74. The Morgan fingerprint density at radius 1 is 1.04 bits per heavy atom. The highest BCUT2D eigenvalue weighted by Gasteiger charge is 2.16. The van der Waals surface area contributed by atoms with Crippen molar-refractivity contribution < 1.29 is 13.9 Å². The van der Waals surface area contributed by atoms with E-state index in [1.807, 2.05) is 36.4 Å². The maximum Gasteiger partial charge on any atom is 0.211 e. The molecule has 0 atom stereocenters. The van der Waals surface area contributed by atoms with E-state index in [2.05, 4.69) is 15.9 Å². The molecule has 0 bridgehead atoms. The van der Waals surface area contributed by atoms with Crippen LogP contribution in [-0.4, -0.2) is 14.2 Å². The highest BCUT2D eigenvalue weighted by molar-refractivity contribution is 9.10. The van der Waals surface area contributed by atoms with E-state index in [-0.39, 0.29) is 5.43 Å². The first-order chi connectivity index (χ1) is 11.6. The molecule has 122 valence electrons. The van der Waals surface area contributed by atoms with Gasteiger partial charge in [-0.2, -0.15) is 0 Å². The highest BCUT2D eigenvalue weighted by Crippen LogP contribution is 2.32. The summed E-state index contributed by atoms with van der Waals surface area (Å²) in [6, 6.07) is 13.1. The van der Waals surface area contributed by atoms with Crippen molar-refractivity contribution >= 4 is 39.1 Å². The third-order valence-electron chi connectivity index (χ3n) is 3.58. The molecular weight excluding hydrogens is 372 g/mol. The average molecular weight is 387 g/mol. The molecular formula is C19H15BrO4. The van der Waals surface area contributed by atoms with Crippen LogP contribution in [0.15, 0.2) is 56.1 Å². The average Bonchev–Trinajstić information content (AvgIpc) is 2.63. The Morgan fingerprint density at radius 3 is 2.46 bits per heavy atom. The molecule has 3 aromatic rings. The van der Waals surface area contributed by atoms with Gasteiger partial charge in [0.05, 0.1) is 14.2 Å². The summed E-state index contributed by atoms with van der Waals surface area (Å²) in [6.07, 6.45) is 3.64. The van der Waals surface area contributed by atoms with Crippen molar-refractivity contribution in [2.75, 3.05) is 14.2 Å². The van der Waals surface area contributed by atoms with Crippen molar-refractivity contribution in [1.29, 1.82) is 0 Å². The monoisotopic (exact) mass is 386 g/mol. The number of fused-ring (bicyclic) bond motifs is 1. The standard InChI is InChI=1S/C19H15BrO4/c1-22-13-10-15(23-2)17-16(11-13)24-14(18(20)19(17)21)9-8-12-6-4-3-5-7-12/h3-11H,1-2H3/b9-8+. The molecule has 0 fully saturated rings. The second-order valence-corrected chi connectivity index (χ2v) is 5.85. The topological polar surface area (TPSA) is 48.7 Å². The molecule has 0 aliphatic rings. The molecule has 0 unspecified atom stereocenters. The Kier molecular flexibility index (Phi) is 4.71. The minimum Gasteiger partial charge on any atom is -0.496 e. The lowest BCUT2D eigenvalue weighted by molar-refractivity contribution is 0.396. The lowest BCUT2D eigenvalue weighted by atomic mass is 10.1. The minimum atomic E-state index is -0.191. The second-order valence-electron chi connectivity index (χ2n) is 5.06. The quantitative estimate of drug-likeness (QED) is 0.649. The van der Waals surface area contributed by atoms with Crippen molar-refractivity contribution in [3.05, 3.63) is 68.5 Å². The molecule has 4 nitrogen and oxygen atoms in total. The Labute approximate surface area is 147 Å². The molecule has 5 heteroatoms. The Balaban J connectivity index is 2.18. The van der Waals surface area contributed by atoms with Crippen LogP contribution in [0.1, 0.15) is 11.3 Å². The van der Waals surface area contributed by atoms with Crippen molar-refractivity contribution in [2.45, 2.75) is 0 Å². The molecule has 0 aliphatic heterocycles. The van der Waals surface area contributed by atoms with E-state index in [0.717, 1.165) is 5.56 Å². The van der Waals surface area contributed by atoms with Gasteiger partial charge in [-0.3, -0.25) is 4.79 Å². The summed E-state index contributed by atoms with van der Waals surface area (Å²) < 4.78 is 16.8. The van der Waals surface area contributed by atoms with Gasteiger partial charge in [0.1, 0.15) is 32.7 Å². The number of halogens is 1. The molecule has 2 aromatic carbocycles. The van der Waals surface area contributed by atoms with Gasteiger partial charge in [0.25, 0.3) is 0 Å². The zero-order chi connectivity index (χ0) is 17.1. The summed E-state index contributed by atoms with van der Waals surface area (Å²) >= 11 is 3.33. The summed E-state index contributed by atoms with van der Waals surface area (Å²) in [6.45, 7) is 0. The van der Waals surface area contributed by atoms with E-state index >= 15 is 0 Å². The van der Waals surface area contributed by atoms with Crippen LogP contribution >= 0.6 is 15.9 Å². The molecule has 0 N–H and O–H groups in total. The number of rotatable bonds is 4. The van der Waals surface area contributed by atoms with Crippen molar-refractivity contribution in [1.82, 2.24) is 0 Å². The lowest BCUT2D eigenvalue weighted by Crippen LogP contribution is -2.06. The first-order valence-corrected chi connectivity index (χ1v) is 8.05. The van der Waals surface area contributed by atoms with Gasteiger partial charge in [-0.1, -0.05) is 36.4 Å². The third kappa shape index (κ3) is 3.08. The summed E-state index contributed by atoms with van der Waals surface area (Å²) in [7, 11) is 3.05. The van der Waals surface area contributed by atoms with E-state index in [9.17, 15) is 4.79 Å². The van der Waals surface area contributed by atoms with Gasteiger partial charge < -0.3 is 13.9 Å². The first-order valence-electron chi connectivity index (χ1n) is 7.25. The predicted molar refractivity (Wildman–Crippen MR) is 98.7 cm³/mol. The number of hydrogen-bond acceptors (Lipinski definition) is 4. The van der Waals surface area contributed by atoms with E-state index in [1.54, 1.807) is 25.3 Å². The molecule has 1 heterocycles. The maximum atomic E-state index is 12.7. The molecule has 24 heavy (non-hydrogen) atoms. The van der Waals surface area contributed by atoms with Crippen LogP contribution in [0.25, 0.3) is 23.1 Å². The van der Waals surface area contributed by atoms with E-state index in [4.69, 9.17) is 13.9 Å². The van der Waals surface area contributed by atoms with Crippen LogP contribution in [-0.2, 0) is 0 Å². The Morgan fingerprint density at radius 2 is 1.79 bits per heavy atom. The third-order valence-corrected chi connectivity index (χ3v) is 4.34. The fourth-order valence-corrected chi connectivity index (χ4v) is 2.79. The second kappa shape index (κ2) is 6.93. The summed E-state index contributed by atoms with van der Waals surface area (Å²) in [5.41, 5.74) is 1.23. The normalized spacial score (nSPS) is 11.1. The van der Waals surface area contributed by atoms with E-state index in [1.165, 1.54) is 7.11 Å². The van der Waals surface area contributed by atoms with E-state index in [0.29, 0.717) is 32.7 Å². The Hall–Kier alpha value is -2.53. The van der Waals surface area contributed by atoms with Gasteiger partial charge >= 0.3 is 0 Å². The SMILES string of the molecule is COc1cc(OC)c2c(=O)c(Br)c(/C=C/c3ccccc3)oc2c1. The van der Waals surface area contributed by atoms with Crippen molar-refractivity contribution in [3.8, 4) is 11.5 Å². The molecule has 0 saturated carbocycles. The zero-order valence-electron chi connectivity index (χ0n) is 13.2. The first kappa shape index (κ1) is 16.3. The number of ether oxygens (including phenoxy) is 2. The van der Waals surface area contributed by atoms with Gasteiger partial charge in [-0.05, 0) is 27.6 Å². The molecule has 1 aromatic heterocycles. The molecule has 0 spiro atoms. The summed E-state index contributed by atoms with van der Waals surface area (Å²) in [4.78, 5) is 12.7. The van der Waals surface area contributed by atoms with Gasteiger partial charge in [-0.25, -0.2) is 0 Å². The van der Waals surface area contributed by atoms with Crippen LogP contribution in [0, 0.1) is 0 Å². The van der Waals surface area contributed by atoms with Crippen LogP contribution in [0.3, 0.4) is 0 Å². The fourth-order valence-electron chi connectivity index (χ4n) is 2.38. The highest BCUT2D eigenvalue weighted by atomic mass is 79.9. The molecule has 3 rings (SSSR count). The van der Waals surface area contributed by atoms with E-state index < -0.39 is 0 Å². The molecule has 0 saturated heterocycles. The van der Waals surface area contributed by atoms with Crippen molar-refractivity contribution in [3.63, 3.8) is 0 Å². The number of hydrogen-bond donors (Lipinski definition) is 0. The van der Waals surface area contributed by atoms with Crippen LogP contribution in [0.4, 0.5) is 0 Å². The molecule has 0 amide bonds. The number of benzene rings is 2.